The molecule has 0 spiro atoms. The fraction of sp³-hybridized carbons (Fsp3) is 0.280. The fourth-order valence-electron chi connectivity index (χ4n) is 4.25. The number of nitrogens with zero attached hydrogens (tertiary/aromatic N) is 3. The molecule has 4 aromatic rings. The van der Waals surface area contributed by atoms with Gasteiger partial charge in [-0.05, 0) is 49.2 Å². The standard InChI is InChI=1S/C25H23ClFN3OS/c1-15-12-30(13-16(2)31-15)24-23-21(18-5-9-20(27)10-6-18)14-32-25(23)29-22(28-24)11-17-3-7-19(26)8-4-17/h3-10,14-16H,11-13H2,1-2H3/t15-,16+. The van der Waals surface area contributed by atoms with E-state index < -0.39 is 0 Å². The molecule has 3 heterocycles. The number of aromatic nitrogens is 2. The lowest BCUT2D eigenvalue weighted by molar-refractivity contribution is -0.00538. The van der Waals surface area contributed by atoms with E-state index in [0.29, 0.717) is 11.4 Å². The monoisotopic (exact) mass is 467 g/mol. The summed E-state index contributed by atoms with van der Waals surface area (Å²) in [6.45, 7) is 5.69. The molecule has 2 aromatic heterocycles. The van der Waals surface area contributed by atoms with Crippen LogP contribution in [0.5, 0.6) is 0 Å². The molecule has 0 amide bonds. The Morgan fingerprint density at radius 2 is 1.72 bits per heavy atom. The maximum Gasteiger partial charge on any atom is 0.141 e. The van der Waals surface area contributed by atoms with Crippen molar-refractivity contribution in [1.29, 1.82) is 0 Å². The van der Waals surface area contributed by atoms with Crippen molar-refractivity contribution in [2.24, 2.45) is 0 Å². The highest BCUT2D eigenvalue weighted by Gasteiger charge is 2.27. The Morgan fingerprint density at radius 1 is 1.03 bits per heavy atom. The van der Waals surface area contributed by atoms with E-state index in [1.165, 1.54) is 12.1 Å². The summed E-state index contributed by atoms with van der Waals surface area (Å²) in [7, 11) is 0. The third kappa shape index (κ3) is 4.35. The lowest BCUT2D eigenvalue weighted by Gasteiger charge is -2.36. The quantitative estimate of drug-likeness (QED) is 0.350. The Labute approximate surface area is 195 Å². The second-order valence-corrected chi connectivity index (χ2v) is 9.56. The predicted octanol–water partition coefficient (Wildman–Crippen LogP) is 6.36. The van der Waals surface area contributed by atoms with Crippen LogP contribution in [0.2, 0.25) is 5.02 Å². The summed E-state index contributed by atoms with van der Waals surface area (Å²) in [5.74, 6) is 1.45. The van der Waals surface area contributed by atoms with Crippen molar-refractivity contribution < 1.29 is 9.13 Å². The normalized spacial score (nSPS) is 18.9. The first-order valence-corrected chi connectivity index (χ1v) is 11.9. The SMILES string of the molecule is C[C@@H]1CN(c2nc(Cc3ccc(Cl)cc3)nc3scc(-c4ccc(F)cc4)c23)C[C@H](C)O1. The highest BCUT2D eigenvalue weighted by Crippen LogP contribution is 2.39. The molecule has 7 heteroatoms. The van der Waals surface area contributed by atoms with Crippen LogP contribution in [0.15, 0.2) is 53.9 Å². The molecule has 2 aromatic carbocycles. The third-order valence-corrected chi connectivity index (χ3v) is 6.73. The van der Waals surface area contributed by atoms with E-state index in [-0.39, 0.29) is 18.0 Å². The van der Waals surface area contributed by atoms with Crippen molar-refractivity contribution >= 4 is 39.0 Å². The van der Waals surface area contributed by atoms with Crippen LogP contribution in [0, 0.1) is 5.82 Å². The number of thiophene rings is 1. The number of hydrogen-bond donors (Lipinski definition) is 0. The van der Waals surface area contributed by atoms with Crippen molar-refractivity contribution in [2.45, 2.75) is 32.5 Å². The van der Waals surface area contributed by atoms with Gasteiger partial charge in [0.2, 0.25) is 0 Å². The first-order valence-electron chi connectivity index (χ1n) is 10.6. The summed E-state index contributed by atoms with van der Waals surface area (Å²) in [5, 5.41) is 3.82. The average Bonchev–Trinajstić information content (AvgIpc) is 3.19. The minimum absolute atomic E-state index is 0.108. The molecule has 0 N–H and O–H groups in total. The lowest BCUT2D eigenvalue weighted by Crippen LogP contribution is -2.46. The molecule has 0 aliphatic carbocycles. The van der Waals surface area contributed by atoms with E-state index >= 15 is 0 Å². The number of hydrogen-bond acceptors (Lipinski definition) is 5. The molecule has 0 unspecified atom stereocenters. The Kier molecular flexibility index (Phi) is 5.84. The van der Waals surface area contributed by atoms with Gasteiger partial charge in [0.05, 0.1) is 17.6 Å². The minimum Gasteiger partial charge on any atom is -0.372 e. The zero-order valence-electron chi connectivity index (χ0n) is 17.9. The molecule has 164 valence electrons. The molecule has 0 saturated carbocycles. The number of fused-ring (bicyclic) bond motifs is 1. The second-order valence-electron chi connectivity index (χ2n) is 8.27. The Bertz CT molecular complexity index is 1230. The summed E-state index contributed by atoms with van der Waals surface area (Å²) in [6.07, 6.45) is 0.840. The van der Waals surface area contributed by atoms with Crippen molar-refractivity contribution in [3.63, 3.8) is 0 Å². The van der Waals surface area contributed by atoms with Crippen LogP contribution >= 0.6 is 22.9 Å². The molecular weight excluding hydrogens is 445 g/mol. The van der Waals surface area contributed by atoms with Gasteiger partial charge >= 0.3 is 0 Å². The van der Waals surface area contributed by atoms with Gasteiger partial charge in [0.1, 0.15) is 22.3 Å². The smallest absolute Gasteiger partial charge is 0.141 e. The maximum absolute atomic E-state index is 13.5. The largest absolute Gasteiger partial charge is 0.372 e. The van der Waals surface area contributed by atoms with Crippen molar-refractivity contribution in [2.75, 3.05) is 18.0 Å². The van der Waals surface area contributed by atoms with Crippen molar-refractivity contribution in [3.05, 3.63) is 76.1 Å². The van der Waals surface area contributed by atoms with E-state index in [4.69, 9.17) is 26.3 Å². The van der Waals surface area contributed by atoms with Crippen LogP contribution < -0.4 is 4.90 Å². The molecule has 1 aliphatic rings. The van der Waals surface area contributed by atoms with E-state index in [0.717, 1.165) is 51.6 Å². The predicted molar refractivity (Wildman–Crippen MR) is 129 cm³/mol. The van der Waals surface area contributed by atoms with Crippen LogP contribution in [-0.4, -0.2) is 35.3 Å². The number of ether oxygens (including phenoxy) is 1. The molecule has 2 atom stereocenters. The first-order chi connectivity index (χ1) is 15.5. The van der Waals surface area contributed by atoms with Crippen molar-refractivity contribution in [1.82, 2.24) is 9.97 Å². The number of anilines is 1. The van der Waals surface area contributed by atoms with E-state index in [9.17, 15) is 4.39 Å². The van der Waals surface area contributed by atoms with Gasteiger partial charge in [-0.15, -0.1) is 11.3 Å². The van der Waals surface area contributed by atoms with Crippen LogP contribution in [0.25, 0.3) is 21.3 Å². The van der Waals surface area contributed by atoms with Gasteiger partial charge in [0.25, 0.3) is 0 Å². The van der Waals surface area contributed by atoms with Gasteiger partial charge in [0.15, 0.2) is 0 Å². The average molecular weight is 468 g/mol. The summed E-state index contributed by atoms with van der Waals surface area (Å²) >= 11 is 7.64. The molecule has 32 heavy (non-hydrogen) atoms. The summed E-state index contributed by atoms with van der Waals surface area (Å²) in [6, 6.07) is 14.4. The van der Waals surface area contributed by atoms with Crippen LogP contribution in [-0.2, 0) is 11.2 Å². The van der Waals surface area contributed by atoms with Crippen molar-refractivity contribution in [3.8, 4) is 11.1 Å². The number of halogens is 2. The molecule has 1 aliphatic heterocycles. The summed E-state index contributed by atoms with van der Waals surface area (Å²) in [5.41, 5.74) is 3.10. The van der Waals surface area contributed by atoms with Crippen LogP contribution in [0.1, 0.15) is 25.2 Å². The van der Waals surface area contributed by atoms with Gasteiger partial charge in [-0.2, -0.15) is 0 Å². The van der Waals surface area contributed by atoms with E-state index in [1.54, 1.807) is 11.3 Å². The molecule has 1 saturated heterocycles. The topological polar surface area (TPSA) is 38.2 Å². The second kappa shape index (κ2) is 8.77. The van der Waals surface area contributed by atoms with Crippen LogP contribution in [0.4, 0.5) is 10.2 Å². The molecule has 4 nitrogen and oxygen atoms in total. The molecular formula is C25H23ClFN3OS. The van der Waals surface area contributed by atoms with Gasteiger partial charge in [-0.1, -0.05) is 35.9 Å². The number of morpholine rings is 1. The Morgan fingerprint density at radius 3 is 2.41 bits per heavy atom. The number of benzene rings is 2. The molecule has 5 rings (SSSR count). The highest BCUT2D eigenvalue weighted by atomic mass is 35.5. The van der Waals surface area contributed by atoms with E-state index in [2.05, 4.69) is 24.1 Å². The van der Waals surface area contributed by atoms with E-state index in [1.807, 2.05) is 36.4 Å². The van der Waals surface area contributed by atoms with Gasteiger partial charge in [-0.25, -0.2) is 14.4 Å². The zero-order valence-corrected chi connectivity index (χ0v) is 19.5. The fourth-order valence-corrected chi connectivity index (χ4v) is 5.34. The minimum atomic E-state index is -0.245. The Balaban J connectivity index is 1.63. The van der Waals surface area contributed by atoms with Gasteiger partial charge in [-0.3, -0.25) is 0 Å². The molecule has 0 radical (unpaired) electrons. The molecule has 1 fully saturated rings. The van der Waals surface area contributed by atoms with Gasteiger partial charge < -0.3 is 9.64 Å². The molecule has 0 bridgehead atoms. The third-order valence-electron chi connectivity index (χ3n) is 5.61. The van der Waals surface area contributed by atoms with Gasteiger partial charge in [0, 0.05) is 35.5 Å². The zero-order chi connectivity index (χ0) is 22.2. The maximum atomic E-state index is 13.5. The summed E-state index contributed by atoms with van der Waals surface area (Å²) < 4.78 is 19.5. The first kappa shape index (κ1) is 21.3. The Hall–Kier alpha value is -2.54. The number of rotatable bonds is 4. The highest BCUT2D eigenvalue weighted by molar-refractivity contribution is 7.17. The lowest BCUT2D eigenvalue weighted by atomic mass is 10.0. The summed E-state index contributed by atoms with van der Waals surface area (Å²) in [4.78, 5) is 13.2. The van der Waals surface area contributed by atoms with Crippen LogP contribution in [0.3, 0.4) is 0 Å².